The van der Waals surface area contributed by atoms with Gasteiger partial charge in [0, 0.05) is 6.42 Å². The van der Waals surface area contributed by atoms with Gasteiger partial charge >= 0.3 is 18.0 Å². The van der Waals surface area contributed by atoms with Crippen LogP contribution in [0.4, 0.5) is 4.79 Å². The van der Waals surface area contributed by atoms with Crippen molar-refractivity contribution in [2.24, 2.45) is 5.92 Å². The van der Waals surface area contributed by atoms with Gasteiger partial charge in [0.15, 0.2) is 0 Å². The Morgan fingerprint density at radius 2 is 1.30 bits per heavy atom. The summed E-state index contributed by atoms with van der Waals surface area (Å²) in [5.41, 5.74) is 0.789. The number of esters is 2. The molecule has 240 valence electrons. The summed E-state index contributed by atoms with van der Waals surface area (Å²) in [6.45, 7) is 10.3. The first-order valence-corrected chi connectivity index (χ1v) is 14.8. The maximum absolute atomic E-state index is 13.2. The van der Waals surface area contributed by atoms with E-state index < -0.39 is 53.6 Å². The molecular formula is C33H45N3O8. The van der Waals surface area contributed by atoms with Crippen molar-refractivity contribution in [3.05, 3.63) is 71.8 Å². The fourth-order valence-electron chi connectivity index (χ4n) is 3.94. The molecule has 0 radical (unpaired) electrons. The second-order valence-corrected chi connectivity index (χ2v) is 11.6. The maximum Gasteiger partial charge on any atom is 0.408 e. The van der Waals surface area contributed by atoms with E-state index >= 15 is 0 Å². The van der Waals surface area contributed by atoms with E-state index in [1.807, 2.05) is 74.5 Å². The van der Waals surface area contributed by atoms with Gasteiger partial charge in [-0.05, 0) is 51.2 Å². The summed E-state index contributed by atoms with van der Waals surface area (Å²) in [7, 11) is 0. The molecular weight excluding hydrogens is 566 g/mol. The Hall–Kier alpha value is -4.41. The van der Waals surface area contributed by atoms with E-state index in [2.05, 4.69) is 16.0 Å². The molecule has 11 heteroatoms. The number of amides is 3. The zero-order valence-corrected chi connectivity index (χ0v) is 26.4. The molecule has 11 nitrogen and oxygen atoms in total. The first kappa shape index (κ1) is 35.8. The van der Waals surface area contributed by atoms with Crippen molar-refractivity contribution in [3.8, 4) is 0 Å². The Morgan fingerprint density at radius 3 is 1.82 bits per heavy atom. The van der Waals surface area contributed by atoms with Crippen molar-refractivity contribution in [1.82, 2.24) is 16.0 Å². The van der Waals surface area contributed by atoms with E-state index in [1.54, 1.807) is 20.8 Å². The van der Waals surface area contributed by atoms with E-state index in [9.17, 15) is 24.0 Å². The summed E-state index contributed by atoms with van der Waals surface area (Å²) in [5, 5.41) is 7.73. The normalized spacial score (nSPS) is 13.8. The average molecular weight is 612 g/mol. The lowest BCUT2D eigenvalue weighted by Gasteiger charge is -2.26. The van der Waals surface area contributed by atoms with Crippen LogP contribution in [0.15, 0.2) is 60.7 Å². The van der Waals surface area contributed by atoms with Crippen molar-refractivity contribution >= 4 is 29.8 Å². The molecule has 4 atom stereocenters. The molecule has 2 aromatic rings. The molecule has 0 fully saturated rings. The van der Waals surface area contributed by atoms with Crippen LogP contribution in [-0.2, 0) is 46.6 Å². The first-order chi connectivity index (χ1) is 20.8. The Bertz CT molecular complexity index is 1230. The van der Waals surface area contributed by atoms with E-state index in [0.717, 1.165) is 11.1 Å². The third-order valence-corrected chi connectivity index (χ3v) is 6.63. The van der Waals surface area contributed by atoms with Gasteiger partial charge in [-0.25, -0.2) is 9.59 Å². The second-order valence-electron chi connectivity index (χ2n) is 11.6. The molecule has 44 heavy (non-hydrogen) atoms. The van der Waals surface area contributed by atoms with Crippen LogP contribution in [0.25, 0.3) is 0 Å². The predicted molar refractivity (Wildman–Crippen MR) is 164 cm³/mol. The van der Waals surface area contributed by atoms with Gasteiger partial charge in [-0.3, -0.25) is 14.4 Å². The number of alkyl carbamates (subject to hydrolysis) is 1. The molecule has 3 amide bonds. The van der Waals surface area contributed by atoms with Crippen LogP contribution in [0.1, 0.15) is 71.9 Å². The fraction of sp³-hybridized carbons (Fsp3) is 0.485. The molecule has 0 aliphatic rings. The zero-order valence-electron chi connectivity index (χ0n) is 26.4. The van der Waals surface area contributed by atoms with Gasteiger partial charge in [-0.15, -0.1) is 0 Å². The highest BCUT2D eigenvalue weighted by molar-refractivity contribution is 5.93. The van der Waals surface area contributed by atoms with E-state index in [4.69, 9.17) is 14.2 Å². The smallest absolute Gasteiger partial charge is 0.408 e. The van der Waals surface area contributed by atoms with Gasteiger partial charge in [0.25, 0.3) is 0 Å². The number of benzene rings is 2. The van der Waals surface area contributed by atoms with Crippen molar-refractivity contribution in [3.63, 3.8) is 0 Å². The van der Waals surface area contributed by atoms with Crippen LogP contribution in [0, 0.1) is 5.92 Å². The van der Waals surface area contributed by atoms with Gasteiger partial charge in [-0.2, -0.15) is 0 Å². The lowest BCUT2D eigenvalue weighted by molar-refractivity contribution is -0.151. The van der Waals surface area contributed by atoms with E-state index in [1.165, 1.54) is 6.92 Å². The molecule has 0 aliphatic carbocycles. The van der Waals surface area contributed by atoms with Crippen LogP contribution >= 0.6 is 0 Å². The molecule has 4 unspecified atom stereocenters. The van der Waals surface area contributed by atoms with E-state index in [0.29, 0.717) is 6.42 Å². The van der Waals surface area contributed by atoms with Crippen LogP contribution in [-0.4, -0.2) is 53.6 Å². The number of hydrogen-bond acceptors (Lipinski definition) is 8. The van der Waals surface area contributed by atoms with Gasteiger partial charge in [0.1, 0.15) is 36.9 Å². The van der Waals surface area contributed by atoms with Crippen LogP contribution in [0.2, 0.25) is 0 Å². The SMILES string of the molecule is CCC(C)C(NC(=O)C(C)NC(=O)C(CCC(=O)OCc1ccccc1)NC(=O)OC(C)(C)C)C(=O)OCc1ccccc1. The fourth-order valence-corrected chi connectivity index (χ4v) is 3.94. The highest BCUT2D eigenvalue weighted by Crippen LogP contribution is 2.13. The lowest BCUT2D eigenvalue weighted by atomic mass is 9.99. The topological polar surface area (TPSA) is 149 Å². The first-order valence-electron chi connectivity index (χ1n) is 14.8. The number of rotatable bonds is 15. The van der Waals surface area contributed by atoms with Crippen LogP contribution < -0.4 is 16.0 Å². The highest BCUT2D eigenvalue weighted by Gasteiger charge is 2.31. The maximum atomic E-state index is 13.2. The Labute approximate surface area is 259 Å². The van der Waals surface area contributed by atoms with Crippen molar-refractivity contribution in [2.75, 3.05) is 0 Å². The summed E-state index contributed by atoms with van der Waals surface area (Å²) in [4.78, 5) is 64.1. The minimum absolute atomic E-state index is 0.0561. The molecule has 0 aliphatic heterocycles. The van der Waals surface area contributed by atoms with Gasteiger partial charge < -0.3 is 30.2 Å². The summed E-state index contributed by atoms with van der Waals surface area (Å²) in [6, 6.07) is 15.1. The highest BCUT2D eigenvalue weighted by atomic mass is 16.6. The third kappa shape index (κ3) is 13.3. The van der Waals surface area contributed by atoms with Crippen molar-refractivity contribution < 1.29 is 38.2 Å². The van der Waals surface area contributed by atoms with Crippen molar-refractivity contribution in [2.45, 2.75) is 97.7 Å². The van der Waals surface area contributed by atoms with Gasteiger partial charge in [-0.1, -0.05) is 80.9 Å². The quantitative estimate of drug-likeness (QED) is 0.201. The molecule has 0 saturated carbocycles. The number of hydrogen-bond donors (Lipinski definition) is 3. The van der Waals surface area contributed by atoms with E-state index in [-0.39, 0.29) is 32.0 Å². The average Bonchev–Trinajstić information content (AvgIpc) is 2.99. The summed E-state index contributed by atoms with van der Waals surface area (Å²) in [5.74, 6) is -2.71. The Kier molecular flexibility index (Phi) is 14.4. The largest absolute Gasteiger partial charge is 0.461 e. The summed E-state index contributed by atoms with van der Waals surface area (Å²) in [6.07, 6.45) is -0.543. The summed E-state index contributed by atoms with van der Waals surface area (Å²) < 4.78 is 16.0. The summed E-state index contributed by atoms with van der Waals surface area (Å²) >= 11 is 0. The number of carbonyl (C=O) groups excluding carboxylic acids is 5. The number of carbonyl (C=O) groups is 5. The van der Waals surface area contributed by atoms with Gasteiger partial charge in [0.05, 0.1) is 0 Å². The zero-order chi connectivity index (χ0) is 32.7. The third-order valence-electron chi connectivity index (χ3n) is 6.63. The molecule has 0 bridgehead atoms. The minimum Gasteiger partial charge on any atom is -0.461 e. The predicted octanol–water partition coefficient (Wildman–Crippen LogP) is 4.18. The van der Waals surface area contributed by atoms with Crippen LogP contribution in [0.5, 0.6) is 0 Å². The Morgan fingerprint density at radius 1 is 0.750 bits per heavy atom. The molecule has 2 aromatic carbocycles. The van der Waals surface area contributed by atoms with Crippen molar-refractivity contribution in [1.29, 1.82) is 0 Å². The lowest BCUT2D eigenvalue weighted by Crippen LogP contribution is -2.56. The molecule has 0 heterocycles. The molecule has 3 N–H and O–H groups in total. The standard InChI is InChI=1S/C33H45N3O8/c1-7-22(2)28(31(40)43-21-25-16-12-9-13-17-25)36-29(38)23(3)34-30(39)26(35-32(41)44-33(4,5)6)18-19-27(37)42-20-24-14-10-8-11-15-24/h8-17,22-23,26,28H,7,18-21H2,1-6H3,(H,34,39)(H,35,41)(H,36,38). The molecule has 0 spiro atoms. The second kappa shape index (κ2) is 17.6. The number of nitrogens with one attached hydrogen (secondary N) is 3. The Balaban J connectivity index is 2.02. The van der Waals surface area contributed by atoms with Crippen LogP contribution in [0.3, 0.4) is 0 Å². The molecule has 2 rings (SSSR count). The minimum atomic E-state index is -1.20. The molecule has 0 aromatic heterocycles. The molecule has 0 saturated heterocycles. The van der Waals surface area contributed by atoms with Gasteiger partial charge in [0.2, 0.25) is 11.8 Å². The monoisotopic (exact) mass is 611 g/mol. The number of ether oxygens (including phenoxy) is 3.